The van der Waals surface area contributed by atoms with Gasteiger partial charge in [0, 0.05) is 12.1 Å². The molecule has 1 aliphatic rings. The summed E-state index contributed by atoms with van der Waals surface area (Å²) in [5.41, 5.74) is 3.31. The molecule has 0 aromatic heterocycles. The average Bonchev–Trinajstić information content (AvgIpc) is 2.41. The number of aryl methyl sites for hydroxylation is 2. The lowest BCUT2D eigenvalue weighted by Crippen LogP contribution is -2.28. The van der Waals surface area contributed by atoms with Gasteiger partial charge in [-0.15, -0.1) is 12.4 Å². The van der Waals surface area contributed by atoms with Crippen LogP contribution in [0.4, 0.5) is 5.69 Å². The maximum Gasteiger partial charge on any atom is 0.224 e. The Kier molecular flexibility index (Phi) is 7.03. The van der Waals surface area contributed by atoms with Gasteiger partial charge in [0.25, 0.3) is 0 Å². The monoisotopic (exact) mass is 296 g/mol. The Labute approximate surface area is 127 Å². The molecule has 0 spiro atoms. The summed E-state index contributed by atoms with van der Waals surface area (Å²) in [6.45, 7) is 6.30. The van der Waals surface area contributed by atoms with E-state index in [0.717, 1.165) is 30.8 Å². The third-order valence-electron chi connectivity index (χ3n) is 3.89. The fourth-order valence-electron chi connectivity index (χ4n) is 2.67. The summed E-state index contributed by atoms with van der Waals surface area (Å²) < 4.78 is 0. The summed E-state index contributed by atoms with van der Waals surface area (Å²) in [4.78, 5) is 12.0. The Balaban J connectivity index is 0.00000200. The quantitative estimate of drug-likeness (QED) is 0.893. The number of amides is 1. The lowest BCUT2D eigenvalue weighted by molar-refractivity contribution is -0.116. The number of hydrogen-bond donors (Lipinski definition) is 2. The number of benzene rings is 1. The highest BCUT2D eigenvalue weighted by Gasteiger charge is 2.14. The second-order valence-electron chi connectivity index (χ2n) is 5.60. The smallest absolute Gasteiger partial charge is 0.224 e. The van der Waals surface area contributed by atoms with Crippen LogP contribution in [-0.2, 0) is 4.79 Å². The standard InChI is InChI=1S/C16H24N2O.ClH/c1-12-3-5-15(13(2)11-12)18-16(19)6-4-14-7-9-17-10-8-14;/h3,5,11,14,17H,4,6-10H2,1-2H3,(H,18,19);1H. The summed E-state index contributed by atoms with van der Waals surface area (Å²) in [5.74, 6) is 0.858. The summed E-state index contributed by atoms with van der Waals surface area (Å²) in [7, 11) is 0. The van der Waals surface area contributed by atoms with Crippen molar-refractivity contribution >= 4 is 24.0 Å². The van der Waals surface area contributed by atoms with Crippen molar-refractivity contribution in [3.63, 3.8) is 0 Å². The van der Waals surface area contributed by atoms with Gasteiger partial charge in [-0.1, -0.05) is 17.7 Å². The van der Waals surface area contributed by atoms with Gasteiger partial charge in [0.05, 0.1) is 0 Å². The molecular formula is C16H25ClN2O. The molecule has 1 heterocycles. The van der Waals surface area contributed by atoms with Crippen molar-refractivity contribution in [1.29, 1.82) is 0 Å². The predicted octanol–water partition coefficient (Wildman–Crippen LogP) is 3.44. The molecule has 1 fully saturated rings. The minimum Gasteiger partial charge on any atom is -0.326 e. The van der Waals surface area contributed by atoms with E-state index in [9.17, 15) is 4.79 Å². The number of carbonyl (C=O) groups is 1. The molecule has 20 heavy (non-hydrogen) atoms. The van der Waals surface area contributed by atoms with Gasteiger partial charge in [0.2, 0.25) is 5.91 Å². The average molecular weight is 297 g/mol. The Hall–Kier alpha value is -1.06. The van der Waals surface area contributed by atoms with Crippen molar-refractivity contribution in [3.8, 4) is 0 Å². The van der Waals surface area contributed by atoms with Crippen molar-refractivity contribution in [2.24, 2.45) is 5.92 Å². The molecule has 3 nitrogen and oxygen atoms in total. The van der Waals surface area contributed by atoms with Gasteiger partial charge in [0.1, 0.15) is 0 Å². The normalized spacial score (nSPS) is 15.5. The highest BCUT2D eigenvalue weighted by molar-refractivity contribution is 5.91. The Morgan fingerprint density at radius 1 is 1.30 bits per heavy atom. The predicted molar refractivity (Wildman–Crippen MR) is 86.6 cm³/mol. The molecule has 0 bridgehead atoms. The minimum absolute atomic E-state index is 0. The fraction of sp³-hybridized carbons (Fsp3) is 0.562. The zero-order valence-corrected chi connectivity index (χ0v) is 13.2. The first-order chi connectivity index (χ1) is 9.15. The van der Waals surface area contributed by atoms with Crippen LogP contribution in [0.1, 0.15) is 36.8 Å². The SMILES string of the molecule is Cc1ccc(NC(=O)CCC2CCNCC2)c(C)c1.Cl. The van der Waals surface area contributed by atoms with Crippen LogP contribution in [0, 0.1) is 19.8 Å². The number of nitrogens with one attached hydrogen (secondary N) is 2. The third kappa shape index (κ3) is 5.14. The molecular weight excluding hydrogens is 272 g/mol. The Morgan fingerprint density at radius 3 is 2.65 bits per heavy atom. The molecule has 1 aromatic rings. The third-order valence-corrected chi connectivity index (χ3v) is 3.89. The Morgan fingerprint density at radius 2 is 2.00 bits per heavy atom. The molecule has 0 radical (unpaired) electrons. The lowest BCUT2D eigenvalue weighted by Gasteiger charge is -2.22. The van der Waals surface area contributed by atoms with E-state index >= 15 is 0 Å². The number of carbonyl (C=O) groups excluding carboxylic acids is 1. The molecule has 0 atom stereocenters. The van der Waals surface area contributed by atoms with E-state index in [1.165, 1.54) is 18.4 Å². The maximum atomic E-state index is 12.0. The number of piperidine rings is 1. The summed E-state index contributed by atoms with van der Waals surface area (Å²) in [6.07, 6.45) is 4.06. The van der Waals surface area contributed by atoms with E-state index in [4.69, 9.17) is 0 Å². The van der Waals surface area contributed by atoms with Crippen molar-refractivity contribution in [3.05, 3.63) is 29.3 Å². The molecule has 0 aliphatic carbocycles. The van der Waals surface area contributed by atoms with E-state index in [1.54, 1.807) is 0 Å². The molecule has 1 amide bonds. The van der Waals surface area contributed by atoms with E-state index < -0.39 is 0 Å². The van der Waals surface area contributed by atoms with Crippen LogP contribution in [0.25, 0.3) is 0 Å². The molecule has 0 unspecified atom stereocenters. The molecule has 0 saturated carbocycles. The lowest BCUT2D eigenvalue weighted by atomic mass is 9.93. The zero-order valence-electron chi connectivity index (χ0n) is 12.4. The summed E-state index contributed by atoms with van der Waals surface area (Å²) in [5, 5.41) is 6.38. The van der Waals surface area contributed by atoms with Crippen LogP contribution in [0.2, 0.25) is 0 Å². The number of rotatable bonds is 4. The molecule has 2 rings (SSSR count). The first-order valence-electron chi connectivity index (χ1n) is 7.23. The van der Waals surface area contributed by atoms with Crippen LogP contribution in [0.5, 0.6) is 0 Å². The van der Waals surface area contributed by atoms with E-state index in [0.29, 0.717) is 12.3 Å². The molecule has 1 aliphatic heterocycles. The van der Waals surface area contributed by atoms with Crippen molar-refractivity contribution in [2.75, 3.05) is 18.4 Å². The number of anilines is 1. The fourth-order valence-corrected chi connectivity index (χ4v) is 2.67. The van der Waals surface area contributed by atoms with Crippen LogP contribution >= 0.6 is 12.4 Å². The van der Waals surface area contributed by atoms with E-state index in [-0.39, 0.29) is 18.3 Å². The van der Waals surface area contributed by atoms with Crippen molar-refractivity contribution in [1.82, 2.24) is 5.32 Å². The van der Waals surface area contributed by atoms with Gasteiger partial charge in [-0.2, -0.15) is 0 Å². The van der Waals surface area contributed by atoms with Crippen LogP contribution in [0.15, 0.2) is 18.2 Å². The molecule has 1 saturated heterocycles. The largest absolute Gasteiger partial charge is 0.326 e. The van der Waals surface area contributed by atoms with E-state index in [2.05, 4.69) is 23.6 Å². The number of hydrogen-bond acceptors (Lipinski definition) is 2. The van der Waals surface area contributed by atoms with Gasteiger partial charge in [-0.3, -0.25) is 4.79 Å². The minimum atomic E-state index is 0. The van der Waals surface area contributed by atoms with Crippen molar-refractivity contribution in [2.45, 2.75) is 39.5 Å². The second kappa shape index (κ2) is 8.28. The molecule has 2 N–H and O–H groups in total. The van der Waals surface area contributed by atoms with Gasteiger partial charge in [-0.05, 0) is 63.7 Å². The van der Waals surface area contributed by atoms with Gasteiger partial charge >= 0.3 is 0 Å². The van der Waals surface area contributed by atoms with Crippen LogP contribution < -0.4 is 10.6 Å². The Bertz CT molecular complexity index is 442. The highest BCUT2D eigenvalue weighted by Crippen LogP contribution is 2.20. The van der Waals surface area contributed by atoms with Gasteiger partial charge in [-0.25, -0.2) is 0 Å². The van der Waals surface area contributed by atoms with Gasteiger partial charge in [0.15, 0.2) is 0 Å². The second-order valence-corrected chi connectivity index (χ2v) is 5.60. The van der Waals surface area contributed by atoms with Crippen LogP contribution in [0.3, 0.4) is 0 Å². The molecule has 112 valence electrons. The van der Waals surface area contributed by atoms with Crippen LogP contribution in [-0.4, -0.2) is 19.0 Å². The maximum absolute atomic E-state index is 12.0. The molecule has 1 aromatic carbocycles. The van der Waals surface area contributed by atoms with Crippen molar-refractivity contribution < 1.29 is 4.79 Å². The van der Waals surface area contributed by atoms with Gasteiger partial charge < -0.3 is 10.6 Å². The summed E-state index contributed by atoms with van der Waals surface area (Å²) >= 11 is 0. The topological polar surface area (TPSA) is 41.1 Å². The summed E-state index contributed by atoms with van der Waals surface area (Å²) in [6, 6.07) is 6.13. The first-order valence-corrected chi connectivity index (χ1v) is 7.23. The zero-order chi connectivity index (χ0) is 13.7. The van der Waals surface area contributed by atoms with E-state index in [1.807, 2.05) is 19.1 Å². The molecule has 4 heteroatoms. The first kappa shape index (κ1) is 17.0. The number of halogens is 1. The highest BCUT2D eigenvalue weighted by atomic mass is 35.5.